The Morgan fingerprint density at radius 3 is 2.50 bits per heavy atom. The van der Waals surface area contributed by atoms with Crippen molar-refractivity contribution >= 4 is 0 Å². The molecular weight excluding hydrogens is 260 g/mol. The van der Waals surface area contributed by atoms with E-state index in [0.717, 1.165) is 31.4 Å². The first-order chi connectivity index (χ1) is 9.58. The number of hydrogen-bond donors (Lipinski definition) is 1. The van der Waals surface area contributed by atoms with E-state index in [1.807, 2.05) is 19.1 Å². The molecule has 114 valence electrons. The topological polar surface area (TPSA) is 21.3 Å². The van der Waals surface area contributed by atoms with Crippen LogP contribution in [-0.2, 0) is 0 Å². The summed E-state index contributed by atoms with van der Waals surface area (Å²) in [5, 5.41) is 3.38. The smallest absolute Gasteiger partial charge is 0.387 e. The van der Waals surface area contributed by atoms with Crippen LogP contribution in [0.1, 0.15) is 51.6 Å². The summed E-state index contributed by atoms with van der Waals surface area (Å²) >= 11 is 0. The van der Waals surface area contributed by atoms with Gasteiger partial charge < -0.3 is 10.1 Å². The quantitative estimate of drug-likeness (QED) is 0.706. The zero-order valence-corrected chi connectivity index (χ0v) is 12.5. The standard InChI is InChI=1S/C16H25F2NO/c1-4-8-12(3)11-14(19-5-2)13-9-6-7-10-15(13)20-16(17)18/h6-7,9-10,12,14,16,19H,4-5,8,11H2,1-3H3. The highest BCUT2D eigenvalue weighted by Crippen LogP contribution is 2.31. The maximum absolute atomic E-state index is 12.5. The maximum atomic E-state index is 12.5. The Balaban J connectivity index is 2.89. The predicted molar refractivity (Wildman–Crippen MR) is 78.2 cm³/mol. The van der Waals surface area contributed by atoms with Crippen LogP contribution in [0.2, 0.25) is 0 Å². The molecule has 0 aliphatic rings. The van der Waals surface area contributed by atoms with Crippen molar-refractivity contribution in [3.63, 3.8) is 0 Å². The molecule has 4 heteroatoms. The molecule has 0 aliphatic carbocycles. The van der Waals surface area contributed by atoms with E-state index in [1.165, 1.54) is 0 Å². The molecule has 2 nitrogen and oxygen atoms in total. The molecule has 2 atom stereocenters. The van der Waals surface area contributed by atoms with Crippen molar-refractivity contribution in [2.45, 2.75) is 52.7 Å². The van der Waals surface area contributed by atoms with Crippen molar-refractivity contribution in [3.8, 4) is 5.75 Å². The van der Waals surface area contributed by atoms with Crippen LogP contribution in [0.4, 0.5) is 8.78 Å². The molecule has 1 rings (SSSR count). The zero-order valence-electron chi connectivity index (χ0n) is 12.5. The Hall–Kier alpha value is -1.16. The van der Waals surface area contributed by atoms with E-state index in [-0.39, 0.29) is 11.8 Å². The lowest BCUT2D eigenvalue weighted by atomic mass is 9.92. The number of benzene rings is 1. The predicted octanol–water partition coefficient (Wildman–Crippen LogP) is 4.76. The summed E-state index contributed by atoms with van der Waals surface area (Å²) in [6.45, 7) is 4.39. The normalized spacial score (nSPS) is 14.3. The van der Waals surface area contributed by atoms with Crippen molar-refractivity contribution < 1.29 is 13.5 Å². The molecule has 0 saturated heterocycles. The Labute approximate surface area is 120 Å². The van der Waals surface area contributed by atoms with Gasteiger partial charge in [0.2, 0.25) is 0 Å². The average Bonchev–Trinajstić information content (AvgIpc) is 2.38. The van der Waals surface area contributed by atoms with Crippen LogP contribution in [0, 0.1) is 5.92 Å². The van der Waals surface area contributed by atoms with Crippen molar-refractivity contribution in [1.29, 1.82) is 0 Å². The van der Waals surface area contributed by atoms with Crippen molar-refractivity contribution in [3.05, 3.63) is 29.8 Å². The molecule has 0 aromatic heterocycles. The van der Waals surface area contributed by atoms with Crippen LogP contribution in [-0.4, -0.2) is 13.2 Å². The van der Waals surface area contributed by atoms with Crippen molar-refractivity contribution in [2.24, 2.45) is 5.92 Å². The molecule has 0 saturated carbocycles. The number of halogens is 2. The summed E-state index contributed by atoms with van der Waals surface area (Å²) in [4.78, 5) is 0. The molecule has 0 aliphatic heterocycles. The largest absolute Gasteiger partial charge is 0.434 e. The van der Waals surface area contributed by atoms with Gasteiger partial charge in [0.25, 0.3) is 0 Å². The number of nitrogens with one attached hydrogen (secondary N) is 1. The number of para-hydroxylation sites is 1. The molecule has 1 aromatic carbocycles. The fourth-order valence-electron chi connectivity index (χ4n) is 2.55. The highest BCUT2D eigenvalue weighted by Gasteiger charge is 2.19. The number of hydrogen-bond acceptors (Lipinski definition) is 2. The highest BCUT2D eigenvalue weighted by molar-refractivity contribution is 5.36. The van der Waals surface area contributed by atoms with Gasteiger partial charge >= 0.3 is 6.61 Å². The SMILES string of the molecule is CCCC(C)CC(NCC)c1ccccc1OC(F)F. The van der Waals surface area contributed by atoms with Gasteiger partial charge in [0.1, 0.15) is 5.75 Å². The van der Waals surface area contributed by atoms with E-state index in [9.17, 15) is 8.78 Å². The van der Waals surface area contributed by atoms with Gasteiger partial charge in [0, 0.05) is 11.6 Å². The van der Waals surface area contributed by atoms with E-state index in [0.29, 0.717) is 5.92 Å². The van der Waals surface area contributed by atoms with Gasteiger partial charge in [-0.05, 0) is 24.9 Å². The Bertz CT molecular complexity index is 384. The Morgan fingerprint density at radius 1 is 1.20 bits per heavy atom. The van der Waals surface area contributed by atoms with Crippen LogP contribution < -0.4 is 10.1 Å². The molecule has 1 aromatic rings. The third-order valence-electron chi connectivity index (χ3n) is 3.38. The van der Waals surface area contributed by atoms with E-state index in [1.54, 1.807) is 12.1 Å². The molecule has 20 heavy (non-hydrogen) atoms. The number of ether oxygens (including phenoxy) is 1. The van der Waals surface area contributed by atoms with Gasteiger partial charge in [-0.15, -0.1) is 0 Å². The van der Waals surface area contributed by atoms with Crippen LogP contribution in [0.5, 0.6) is 5.75 Å². The second kappa shape index (κ2) is 8.90. The lowest BCUT2D eigenvalue weighted by Gasteiger charge is -2.24. The average molecular weight is 285 g/mol. The van der Waals surface area contributed by atoms with E-state index in [4.69, 9.17) is 0 Å². The second-order valence-electron chi connectivity index (χ2n) is 5.16. The summed E-state index contributed by atoms with van der Waals surface area (Å²) in [5.74, 6) is 0.820. The summed E-state index contributed by atoms with van der Waals surface area (Å²) in [6.07, 6.45) is 3.19. The maximum Gasteiger partial charge on any atom is 0.387 e. The van der Waals surface area contributed by atoms with Crippen LogP contribution in [0.3, 0.4) is 0 Å². The lowest BCUT2D eigenvalue weighted by Crippen LogP contribution is -2.24. The molecule has 2 unspecified atom stereocenters. The molecule has 0 radical (unpaired) electrons. The van der Waals surface area contributed by atoms with Crippen LogP contribution in [0.25, 0.3) is 0 Å². The summed E-state index contributed by atoms with van der Waals surface area (Å²) in [6, 6.07) is 7.11. The molecular formula is C16H25F2NO. The lowest BCUT2D eigenvalue weighted by molar-refractivity contribution is -0.0507. The molecule has 0 bridgehead atoms. The van der Waals surface area contributed by atoms with E-state index >= 15 is 0 Å². The van der Waals surface area contributed by atoms with Gasteiger partial charge in [-0.2, -0.15) is 8.78 Å². The van der Waals surface area contributed by atoms with Gasteiger partial charge in [-0.1, -0.05) is 51.8 Å². The third kappa shape index (κ3) is 5.45. The first-order valence-corrected chi connectivity index (χ1v) is 7.35. The third-order valence-corrected chi connectivity index (χ3v) is 3.38. The van der Waals surface area contributed by atoms with Gasteiger partial charge in [0.05, 0.1) is 0 Å². The summed E-state index contributed by atoms with van der Waals surface area (Å²) in [7, 11) is 0. The summed E-state index contributed by atoms with van der Waals surface area (Å²) < 4.78 is 29.6. The summed E-state index contributed by atoms with van der Waals surface area (Å²) in [5.41, 5.74) is 0.817. The van der Waals surface area contributed by atoms with Gasteiger partial charge in [-0.3, -0.25) is 0 Å². The minimum atomic E-state index is -2.79. The zero-order chi connectivity index (χ0) is 15.0. The van der Waals surface area contributed by atoms with Gasteiger partial charge in [0.15, 0.2) is 0 Å². The fourth-order valence-corrected chi connectivity index (χ4v) is 2.55. The molecule has 0 spiro atoms. The molecule has 0 fully saturated rings. The molecule has 0 amide bonds. The first-order valence-electron chi connectivity index (χ1n) is 7.35. The van der Waals surface area contributed by atoms with Crippen LogP contribution >= 0.6 is 0 Å². The number of rotatable bonds is 9. The Kier molecular flexibility index (Phi) is 7.52. The van der Waals surface area contributed by atoms with Crippen molar-refractivity contribution in [1.82, 2.24) is 5.32 Å². The minimum Gasteiger partial charge on any atom is -0.434 e. The van der Waals surface area contributed by atoms with Gasteiger partial charge in [-0.25, -0.2) is 0 Å². The highest BCUT2D eigenvalue weighted by atomic mass is 19.3. The Morgan fingerprint density at radius 2 is 1.90 bits per heavy atom. The van der Waals surface area contributed by atoms with E-state index in [2.05, 4.69) is 23.9 Å². The van der Waals surface area contributed by atoms with Crippen molar-refractivity contribution in [2.75, 3.05) is 6.54 Å². The van der Waals surface area contributed by atoms with Crippen LogP contribution in [0.15, 0.2) is 24.3 Å². The monoisotopic (exact) mass is 285 g/mol. The molecule has 1 N–H and O–H groups in total. The minimum absolute atomic E-state index is 0.0523. The fraction of sp³-hybridized carbons (Fsp3) is 0.625. The molecule has 0 heterocycles. The van der Waals surface area contributed by atoms with E-state index < -0.39 is 6.61 Å². The first kappa shape index (κ1) is 16.9. The number of alkyl halides is 2. The second-order valence-corrected chi connectivity index (χ2v) is 5.16.